The first-order valence-corrected chi connectivity index (χ1v) is 11.2. The Hall–Kier alpha value is -4.54. The van der Waals surface area contributed by atoms with Gasteiger partial charge in [0.1, 0.15) is 29.0 Å². The number of para-hydroxylation sites is 1. The second-order valence-corrected chi connectivity index (χ2v) is 8.29. The fourth-order valence-corrected chi connectivity index (χ4v) is 4.14. The second kappa shape index (κ2) is 8.67. The van der Waals surface area contributed by atoms with Crippen LogP contribution in [0.5, 0.6) is 0 Å². The standard InChI is InChI=1S/C24H25N9O2/c1-5-16(28-21-18(20(25)26-12-27-21)23-30-29-15(4)35-23)22-31-32-11-10-14(3)19(32)24(34)33(22)17-9-7-6-8-13(17)2/h6-12,16H,5H2,1-4H3,(H3,25,26,27,28)/t16-/m0/s1. The zero-order valence-electron chi connectivity index (χ0n) is 19.9. The molecule has 5 rings (SSSR count). The Morgan fingerprint density at radius 2 is 1.89 bits per heavy atom. The van der Waals surface area contributed by atoms with Crippen LogP contribution in [0, 0.1) is 20.8 Å². The van der Waals surface area contributed by atoms with E-state index in [4.69, 9.17) is 15.2 Å². The molecule has 4 aromatic heterocycles. The lowest BCUT2D eigenvalue weighted by Gasteiger charge is -2.23. The largest absolute Gasteiger partial charge is 0.421 e. The number of hydrogen-bond acceptors (Lipinski definition) is 9. The van der Waals surface area contributed by atoms with Crippen molar-refractivity contribution in [1.29, 1.82) is 0 Å². The molecule has 35 heavy (non-hydrogen) atoms. The Morgan fingerprint density at radius 3 is 2.60 bits per heavy atom. The highest BCUT2D eigenvalue weighted by molar-refractivity contribution is 5.78. The minimum absolute atomic E-state index is 0.151. The molecule has 3 N–H and O–H groups in total. The van der Waals surface area contributed by atoms with Crippen molar-refractivity contribution >= 4 is 17.2 Å². The van der Waals surface area contributed by atoms with Crippen LogP contribution in [-0.2, 0) is 0 Å². The summed E-state index contributed by atoms with van der Waals surface area (Å²) in [4.78, 5) is 22.3. The van der Waals surface area contributed by atoms with Gasteiger partial charge in [0.15, 0.2) is 5.82 Å². The van der Waals surface area contributed by atoms with Crippen LogP contribution >= 0.6 is 0 Å². The normalized spacial score (nSPS) is 12.2. The third-order valence-corrected chi connectivity index (χ3v) is 5.92. The lowest BCUT2D eigenvalue weighted by atomic mass is 10.1. The molecular formula is C24H25N9O2. The zero-order valence-corrected chi connectivity index (χ0v) is 19.9. The summed E-state index contributed by atoms with van der Waals surface area (Å²) in [5.74, 6) is 1.73. The minimum atomic E-state index is -0.411. The molecule has 0 bridgehead atoms. The molecule has 178 valence electrons. The van der Waals surface area contributed by atoms with Crippen molar-refractivity contribution in [2.24, 2.45) is 0 Å². The SMILES string of the molecule is CC[C@H](Nc1ncnc(N)c1-c1nnc(C)o1)c1nn2ccc(C)c2c(=O)n1-c1ccccc1C. The Labute approximate surface area is 200 Å². The van der Waals surface area contributed by atoms with Gasteiger partial charge in [0.2, 0.25) is 5.89 Å². The third-order valence-electron chi connectivity index (χ3n) is 5.92. The molecular weight excluding hydrogens is 446 g/mol. The van der Waals surface area contributed by atoms with Crippen molar-refractivity contribution in [2.45, 2.75) is 40.2 Å². The van der Waals surface area contributed by atoms with Gasteiger partial charge in [-0.2, -0.15) is 5.10 Å². The average Bonchev–Trinajstić information content (AvgIpc) is 3.43. The van der Waals surface area contributed by atoms with Crippen molar-refractivity contribution in [3.63, 3.8) is 0 Å². The molecule has 0 unspecified atom stereocenters. The van der Waals surface area contributed by atoms with Crippen molar-refractivity contribution in [3.05, 3.63) is 76.1 Å². The Bertz CT molecular complexity index is 1600. The lowest BCUT2D eigenvalue weighted by Crippen LogP contribution is -2.31. The van der Waals surface area contributed by atoms with Crippen LogP contribution in [0.4, 0.5) is 11.6 Å². The van der Waals surface area contributed by atoms with Gasteiger partial charge in [-0.3, -0.25) is 9.36 Å². The van der Waals surface area contributed by atoms with Crippen LogP contribution in [-0.4, -0.2) is 34.3 Å². The zero-order chi connectivity index (χ0) is 24.7. The smallest absolute Gasteiger partial charge is 0.282 e. The van der Waals surface area contributed by atoms with Gasteiger partial charge in [-0.25, -0.2) is 14.5 Å². The van der Waals surface area contributed by atoms with Gasteiger partial charge in [0.05, 0.1) is 11.7 Å². The number of rotatable bonds is 6. The van der Waals surface area contributed by atoms with E-state index in [-0.39, 0.29) is 17.3 Å². The molecule has 0 aliphatic carbocycles. The predicted molar refractivity (Wildman–Crippen MR) is 131 cm³/mol. The fraction of sp³-hybridized carbons (Fsp3) is 0.250. The molecule has 0 aliphatic heterocycles. The first kappa shape index (κ1) is 22.3. The van der Waals surface area contributed by atoms with Gasteiger partial charge in [-0.1, -0.05) is 25.1 Å². The number of nitrogens with zero attached hydrogens (tertiary/aromatic N) is 7. The first-order valence-electron chi connectivity index (χ1n) is 11.2. The molecule has 4 heterocycles. The maximum absolute atomic E-state index is 13.8. The molecule has 0 spiro atoms. The van der Waals surface area contributed by atoms with E-state index < -0.39 is 6.04 Å². The quantitative estimate of drug-likeness (QED) is 0.381. The summed E-state index contributed by atoms with van der Waals surface area (Å²) in [6, 6.07) is 9.20. The van der Waals surface area contributed by atoms with E-state index in [1.54, 1.807) is 22.2 Å². The van der Waals surface area contributed by atoms with Gasteiger partial charge < -0.3 is 15.5 Å². The number of anilines is 2. The van der Waals surface area contributed by atoms with Gasteiger partial charge in [-0.05, 0) is 43.5 Å². The minimum Gasteiger partial charge on any atom is -0.421 e. The highest BCUT2D eigenvalue weighted by Crippen LogP contribution is 2.32. The van der Waals surface area contributed by atoms with Crippen molar-refractivity contribution in [3.8, 4) is 17.1 Å². The Kier molecular flexibility index (Phi) is 5.51. The fourth-order valence-electron chi connectivity index (χ4n) is 4.14. The first-order chi connectivity index (χ1) is 16.9. The summed E-state index contributed by atoms with van der Waals surface area (Å²) in [6.45, 7) is 7.56. The molecule has 1 atom stereocenters. The maximum Gasteiger partial charge on any atom is 0.282 e. The molecule has 0 amide bonds. The summed E-state index contributed by atoms with van der Waals surface area (Å²) < 4.78 is 8.90. The molecule has 1 aromatic carbocycles. The predicted octanol–water partition coefficient (Wildman–Crippen LogP) is 3.40. The van der Waals surface area contributed by atoms with Crippen molar-refractivity contribution in [1.82, 2.24) is 34.3 Å². The van der Waals surface area contributed by atoms with Crippen molar-refractivity contribution < 1.29 is 4.42 Å². The molecule has 0 aliphatic rings. The van der Waals surface area contributed by atoms with E-state index in [2.05, 4.69) is 25.5 Å². The van der Waals surface area contributed by atoms with Gasteiger partial charge in [0, 0.05) is 13.1 Å². The summed E-state index contributed by atoms with van der Waals surface area (Å²) in [5.41, 5.74) is 9.51. The highest BCUT2D eigenvalue weighted by Gasteiger charge is 2.25. The third kappa shape index (κ3) is 3.80. The van der Waals surface area contributed by atoms with Crippen molar-refractivity contribution in [2.75, 3.05) is 11.1 Å². The number of aromatic nitrogens is 7. The maximum atomic E-state index is 13.8. The summed E-state index contributed by atoms with van der Waals surface area (Å²) in [7, 11) is 0. The monoisotopic (exact) mass is 471 g/mol. The number of nitrogens with one attached hydrogen (secondary N) is 1. The molecule has 0 saturated heterocycles. The second-order valence-electron chi connectivity index (χ2n) is 8.29. The highest BCUT2D eigenvalue weighted by atomic mass is 16.4. The van der Waals surface area contributed by atoms with E-state index in [0.717, 1.165) is 16.8 Å². The van der Waals surface area contributed by atoms with Crippen LogP contribution in [0.1, 0.15) is 42.2 Å². The summed E-state index contributed by atoms with van der Waals surface area (Å²) in [5, 5.41) is 16.2. The van der Waals surface area contributed by atoms with E-state index in [1.165, 1.54) is 6.33 Å². The van der Waals surface area contributed by atoms with Crippen LogP contribution in [0.25, 0.3) is 22.7 Å². The topological polar surface area (TPSA) is 142 Å². The number of aryl methyl sites for hydroxylation is 3. The number of nitrogen functional groups attached to an aromatic ring is 1. The molecule has 0 fully saturated rings. The molecule has 0 radical (unpaired) electrons. The van der Waals surface area contributed by atoms with Gasteiger partial charge >= 0.3 is 0 Å². The van der Waals surface area contributed by atoms with Crippen LogP contribution < -0.4 is 16.6 Å². The van der Waals surface area contributed by atoms with Gasteiger partial charge in [-0.15, -0.1) is 10.2 Å². The molecule has 5 aromatic rings. The Balaban J connectivity index is 1.71. The van der Waals surface area contributed by atoms with Crippen LogP contribution in [0.2, 0.25) is 0 Å². The number of fused-ring (bicyclic) bond motifs is 1. The summed E-state index contributed by atoms with van der Waals surface area (Å²) >= 11 is 0. The Morgan fingerprint density at radius 1 is 1.09 bits per heavy atom. The van der Waals surface area contributed by atoms with Gasteiger partial charge in [0.25, 0.3) is 11.4 Å². The van der Waals surface area contributed by atoms with Crippen LogP contribution in [0.3, 0.4) is 0 Å². The lowest BCUT2D eigenvalue weighted by molar-refractivity contribution is 0.532. The van der Waals surface area contributed by atoms with E-state index >= 15 is 0 Å². The van der Waals surface area contributed by atoms with Crippen LogP contribution in [0.15, 0.2) is 52.1 Å². The van der Waals surface area contributed by atoms with E-state index in [9.17, 15) is 4.79 Å². The summed E-state index contributed by atoms with van der Waals surface area (Å²) in [6.07, 6.45) is 3.74. The number of benzene rings is 1. The molecule has 11 nitrogen and oxygen atoms in total. The average molecular weight is 472 g/mol. The number of hydrogen-bond donors (Lipinski definition) is 2. The van der Waals surface area contributed by atoms with E-state index in [0.29, 0.717) is 35.0 Å². The molecule has 11 heteroatoms. The number of nitrogens with two attached hydrogens (primary N) is 1. The molecule has 0 saturated carbocycles. The van der Waals surface area contributed by atoms with E-state index in [1.807, 2.05) is 51.1 Å².